The summed E-state index contributed by atoms with van der Waals surface area (Å²) in [5.41, 5.74) is 4.12. The van der Waals surface area contributed by atoms with E-state index in [4.69, 9.17) is 0 Å². The van der Waals surface area contributed by atoms with Gasteiger partial charge in [-0.15, -0.1) is 0 Å². The molecule has 2 N–H and O–H groups in total. The Labute approximate surface area is 207 Å². The van der Waals surface area contributed by atoms with Crippen LogP contribution in [0.1, 0.15) is 60.5 Å². The molecule has 0 aliphatic heterocycles. The van der Waals surface area contributed by atoms with Crippen molar-refractivity contribution in [3.05, 3.63) is 89.4 Å². The number of hydrogen-bond acceptors (Lipinski definition) is 4. The molecule has 5 nitrogen and oxygen atoms in total. The van der Waals surface area contributed by atoms with Gasteiger partial charge in [-0.2, -0.15) is 13.2 Å². The number of nitrogens with one attached hydrogen (secondary N) is 2. The maximum Gasteiger partial charge on any atom is 0.417 e. The van der Waals surface area contributed by atoms with Gasteiger partial charge in [0.05, 0.1) is 11.1 Å². The van der Waals surface area contributed by atoms with Gasteiger partial charge in [0.15, 0.2) is 0 Å². The topological polar surface area (TPSA) is 66.9 Å². The molecule has 2 heterocycles. The van der Waals surface area contributed by atoms with Crippen LogP contribution in [-0.4, -0.2) is 21.4 Å². The Morgan fingerprint density at radius 1 is 1.06 bits per heavy atom. The lowest BCUT2D eigenvalue weighted by atomic mass is 9.77. The molecular formula is C28H27F3N4O. The van der Waals surface area contributed by atoms with Gasteiger partial charge in [-0.25, -0.2) is 4.98 Å². The van der Waals surface area contributed by atoms with Crippen molar-refractivity contribution in [1.82, 2.24) is 15.3 Å². The minimum Gasteiger partial charge on any atom is -0.347 e. The summed E-state index contributed by atoms with van der Waals surface area (Å²) in [5.74, 6) is 0.706. The van der Waals surface area contributed by atoms with Crippen LogP contribution in [0.5, 0.6) is 0 Å². The number of allylic oxidation sites excluding steroid dienone is 2. The molecule has 3 aromatic rings. The van der Waals surface area contributed by atoms with E-state index in [1.807, 2.05) is 18.2 Å². The van der Waals surface area contributed by atoms with Crippen molar-refractivity contribution in [3.63, 3.8) is 0 Å². The van der Waals surface area contributed by atoms with Gasteiger partial charge in [-0.3, -0.25) is 9.78 Å². The summed E-state index contributed by atoms with van der Waals surface area (Å²) in [7, 11) is 0. The van der Waals surface area contributed by atoms with Crippen LogP contribution in [0.25, 0.3) is 5.57 Å². The van der Waals surface area contributed by atoms with Gasteiger partial charge >= 0.3 is 6.18 Å². The fourth-order valence-electron chi connectivity index (χ4n) is 5.51. The number of carbonyl (C=O) groups is 1. The van der Waals surface area contributed by atoms with Crippen LogP contribution in [0.4, 0.5) is 24.7 Å². The van der Waals surface area contributed by atoms with Crippen molar-refractivity contribution >= 4 is 23.0 Å². The number of benzene rings is 1. The molecule has 2 unspecified atom stereocenters. The minimum absolute atomic E-state index is 0.0662. The first-order valence-corrected chi connectivity index (χ1v) is 12.1. The zero-order valence-electron chi connectivity index (χ0n) is 19.9. The maximum atomic E-state index is 12.8. The molecule has 1 amide bonds. The fourth-order valence-corrected chi connectivity index (χ4v) is 5.51. The molecule has 2 aliphatic carbocycles. The van der Waals surface area contributed by atoms with Gasteiger partial charge in [0.1, 0.15) is 5.82 Å². The molecule has 2 bridgehead atoms. The maximum absolute atomic E-state index is 12.8. The highest BCUT2D eigenvalue weighted by Gasteiger charge is 2.45. The van der Waals surface area contributed by atoms with Crippen molar-refractivity contribution in [1.29, 1.82) is 0 Å². The Morgan fingerprint density at radius 3 is 2.61 bits per heavy atom. The third kappa shape index (κ3) is 4.98. The van der Waals surface area contributed by atoms with Gasteiger partial charge in [0.2, 0.25) is 0 Å². The predicted octanol–water partition coefficient (Wildman–Crippen LogP) is 6.78. The van der Waals surface area contributed by atoms with E-state index in [1.54, 1.807) is 24.5 Å². The first-order valence-electron chi connectivity index (χ1n) is 12.1. The Hall–Kier alpha value is -3.68. The van der Waals surface area contributed by atoms with Crippen molar-refractivity contribution in [2.24, 2.45) is 5.92 Å². The van der Waals surface area contributed by atoms with E-state index in [0.29, 0.717) is 17.3 Å². The Balaban J connectivity index is 1.29. The zero-order chi connectivity index (χ0) is 25.3. The molecule has 2 saturated carbocycles. The highest BCUT2D eigenvalue weighted by molar-refractivity contribution is 5.94. The number of alkyl halides is 3. The molecule has 2 atom stereocenters. The molecule has 0 spiro atoms. The van der Waals surface area contributed by atoms with E-state index < -0.39 is 11.7 Å². The third-order valence-corrected chi connectivity index (χ3v) is 7.42. The summed E-state index contributed by atoms with van der Waals surface area (Å²) in [6, 6.07) is 13.8. The summed E-state index contributed by atoms with van der Waals surface area (Å²) in [6.45, 7) is 2.13. The highest BCUT2D eigenvalue weighted by atomic mass is 19.4. The van der Waals surface area contributed by atoms with E-state index in [0.717, 1.165) is 55.6 Å². The van der Waals surface area contributed by atoms with Crippen LogP contribution >= 0.6 is 0 Å². The van der Waals surface area contributed by atoms with Crippen LogP contribution in [-0.2, 0) is 6.18 Å². The van der Waals surface area contributed by atoms with Crippen LogP contribution in [0.2, 0.25) is 0 Å². The number of pyridine rings is 2. The average molecular weight is 493 g/mol. The van der Waals surface area contributed by atoms with Crippen molar-refractivity contribution < 1.29 is 18.0 Å². The smallest absolute Gasteiger partial charge is 0.347 e. The average Bonchev–Trinajstić information content (AvgIpc) is 3.20. The summed E-state index contributed by atoms with van der Waals surface area (Å²) in [5, 5.41) is 6.40. The summed E-state index contributed by atoms with van der Waals surface area (Å²) < 4.78 is 38.4. The largest absolute Gasteiger partial charge is 0.417 e. The number of nitrogens with zero attached hydrogens (tertiary/aromatic N) is 2. The van der Waals surface area contributed by atoms with E-state index in [-0.39, 0.29) is 11.4 Å². The van der Waals surface area contributed by atoms with Crippen molar-refractivity contribution in [2.45, 2.75) is 50.7 Å². The van der Waals surface area contributed by atoms with Gasteiger partial charge in [-0.05, 0) is 92.5 Å². The molecule has 0 radical (unpaired) electrons. The quantitative estimate of drug-likeness (QED) is 0.412. The van der Waals surface area contributed by atoms with E-state index in [1.165, 1.54) is 17.2 Å². The normalized spacial score (nSPS) is 22.7. The van der Waals surface area contributed by atoms with E-state index in [2.05, 4.69) is 33.6 Å². The van der Waals surface area contributed by atoms with E-state index in [9.17, 15) is 18.0 Å². The first kappa shape index (κ1) is 24.0. The van der Waals surface area contributed by atoms with Gasteiger partial charge in [0, 0.05) is 29.8 Å². The molecule has 8 heteroatoms. The summed E-state index contributed by atoms with van der Waals surface area (Å²) in [6.07, 6.45) is 4.42. The molecule has 186 valence electrons. The predicted molar refractivity (Wildman–Crippen MR) is 133 cm³/mol. The lowest BCUT2D eigenvalue weighted by Crippen LogP contribution is -2.48. The summed E-state index contributed by atoms with van der Waals surface area (Å²) in [4.78, 5) is 20.7. The van der Waals surface area contributed by atoms with Crippen LogP contribution < -0.4 is 10.6 Å². The molecule has 36 heavy (non-hydrogen) atoms. The van der Waals surface area contributed by atoms with Crippen LogP contribution in [0.15, 0.2) is 72.7 Å². The number of amides is 1. The molecule has 1 aromatic carbocycles. The number of anilines is 2. The zero-order valence-corrected chi connectivity index (χ0v) is 19.9. The Bertz CT molecular complexity index is 1290. The number of fused-ring (bicyclic) bond motifs is 2. The number of aromatic nitrogens is 2. The van der Waals surface area contributed by atoms with Gasteiger partial charge < -0.3 is 10.6 Å². The Kier molecular flexibility index (Phi) is 6.28. The van der Waals surface area contributed by atoms with Crippen LogP contribution in [0.3, 0.4) is 0 Å². The second-order valence-electron chi connectivity index (χ2n) is 9.70. The van der Waals surface area contributed by atoms with Gasteiger partial charge in [0.25, 0.3) is 5.91 Å². The van der Waals surface area contributed by atoms with Crippen molar-refractivity contribution in [3.8, 4) is 0 Å². The minimum atomic E-state index is -4.41. The monoisotopic (exact) mass is 492 g/mol. The molecule has 0 saturated heterocycles. The van der Waals surface area contributed by atoms with Crippen molar-refractivity contribution in [2.75, 3.05) is 5.32 Å². The number of carbonyl (C=O) groups excluding carboxylic acids is 1. The van der Waals surface area contributed by atoms with E-state index >= 15 is 0 Å². The van der Waals surface area contributed by atoms with Crippen LogP contribution in [0, 0.1) is 5.92 Å². The molecule has 5 rings (SSSR count). The fraction of sp³-hybridized carbons (Fsp3) is 0.321. The molecule has 2 aliphatic rings. The Morgan fingerprint density at radius 2 is 1.89 bits per heavy atom. The number of halogens is 3. The lowest BCUT2D eigenvalue weighted by molar-refractivity contribution is -0.137. The highest BCUT2D eigenvalue weighted by Crippen LogP contribution is 2.50. The second kappa shape index (κ2) is 9.41. The number of hydrogen-bond donors (Lipinski definition) is 2. The van der Waals surface area contributed by atoms with Gasteiger partial charge in [-0.1, -0.05) is 17.7 Å². The second-order valence-corrected chi connectivity index (χ2v) is 9.70. The lowest BCUT2D eigenvalue weighted by Gasteiger charge is -2.36. The molecule has 2 aromatic heterocycles. The standard InChI is InChI=1S/C28H27F3N4O/c1-18(19-4-2-6-23(14-19)34-25-8-7-22(17-33-25)28(29,30)31)24-10-12-27(11-9-20(24)15-27)35-26(36)21-5-3-13-32-16-21/h2-8,13-14,16-17,20H,9-12,15H2,1H3,(H,33,34)(H,35,36). The number of rotatable bonds is 5. The molecular weight excluding hydrogens is 465 g/mol. The molecule has 2 fully saturated rings. The third-order valence-electron chi connectivity index (χ3n) is 7.42. The SMILES string of the molecule is CC(=C1CCC2(NC(=O)c3cccnc3)CCC1C2)c1cccc(Nc2ccc(C(F)(F)F)cn2)c1. The summed E-state index contributed by atoms with van der Waals surface area (Å²) >= 11 is 0. The first-order chi connectivity index (χ1) is 17.2.